The van der Waals surface area contributed by atoms with Crippen LogP contribution >= 0.6 is 0 Å². The summed E-state index contributed by atoms with van der Waals surface area (Å²) in [7, 11) is 0. The number of unbranched alkanes of at least 4 members (excludes halogenated alkanes) is 3. The van der Waals surface area contributed by atoms with Crippen LogP contribution in [0.15, 0.2) is 18.2 Å². The molecule has 0 spiro atoms. The molecule has 0 aliphatic heterocycles. The van der Waals surface area contributed by atoms with Gasteiger partial charge < -0.3 is 4.74 Å². The Bertz CT molecular complexity index is 206. The Morgan fingerprint density at radius 1 is 1.23 bits per heavy atom. The standard InChI is InChI=1S/C12H16O/c1-2-3-4-8-11-13-12-9-6-5-7-10-12/h6,9-10H,2-4,8,11H2,1H3. The van der Waals surface area contributed by atoms with Crippen LogP contribution in [0.25, 0.3) is 0 Å². The van der Waals surface area contributed by atoms with Crippen molar-refractivity contribution in [1.82, 2.24) is 0 Å². The molecule has 0 aliphatic carbocycles. The van der Waals surface area contributed by atoms with E-state index in [9.17, 15) is 0 Å². The van der Waals surface area contributed by atoms with Crippen molar-refractivity contribution in [2.24, 2.45) is 0 Å². The summed E-state index contributed by atoms with van der Waals surface area (Å²) in [6, 6.07) is 11.3. The van der Waals surface area contributed by atoms with Crippen LogP contribution in [0.5, 0.6) is 5.75 Å². The summed E-state index contributed by atoms with van der Waals surface area (Å²) in [4.78, 5) is 0. The Hall–Kier alpha value is -1.16. The zero-order valence-electron chi connectivity index (χ0n) is 8.18. The summed E-state index contributed by atoms with van der Waals surface area (Å²) in [6.45, 7) is 3.03. The van der Waals surface area contributed by atoms with Gasteiger partial charge in [0.25, 0.3) is 0 Å². The van der Waals surface area contributed by atoms with Crippen molar-refractivity contribution in [1.29, 1.82) is 0 Å². The minimum atomic E-state index is 0.817. The molecule has 0 bridgehead atoms. The summed E-state index contributed by atoms with van der Waals surface area (Å²) in [6.07, 6.45) is 4.98. The van der Waals surface area contributed by atoms with Gasteiger partial charge in [-0.05, 0) is 18.6 Å². The molecule has 0 aromatic heterocycles. The summed E-state index contributed by atoms with van der Waals surface area (Å²) in [5.41, 5.74) is 0. The van der Waals surface area contributed by atoms with Gasteiger partial charge in [0.2, 0.25) is 0 Å². The summed E-state index contributed by atoms with van der Waals surface area (Å²) in [5.74, 6) is 0.898. The number of ether oxygens (including phenoxy) is 1. The van der Waals surface area contributed by atoms with Crippen LogP contribution in [0.2, 0.25) is 0 Å². The van der Waals surface area contributed by atoms with Gasteiger partial charge in [-0.25, -0.2) is 0 Å². The van der Waals surface area contributed by atoms with Gasteiger partial charge in [0, 0.05) is 6.07 Å². The summed E-state index contributed by atoms with van der Waals surface area (Å²) >= 11 is 0. The molecule has 13 heavy (non-hydrogen) atoms. The van der Waals surface area contributed by atoms with Gasteiger partial charge in [-0.2, -0.15) is 0 Å². The fraction of sp³-hybridized carbons (Fsp3) is 0.500. The molecule has 0 aliphatic rings. The fourth-order valence-electron chi connectivity index (χ4n) is 1.14. The highest BCUT2D eigenvalue weighted by molar-refractivity contribution is 5.16. The largest absolute Gasteiger partial charge is 0.493 e. The van der Waals surface area contributed by atoms with E-state index in [1.54, 1.807) is 0 Å². The van der Waals surface area contributed by atoms with Crippen molar-refractivity contribution in [3.05, 3.63) is 30.3 Å². The van der Waals surface area contributed by atoms with Crippen LogP contribution in [0.4, 0.5) is 0 Å². The third kappa shape index (κ3) is 4.42. The van der Waals surface area contributed by atoms with E-state index in [2.05, 4.69) is 19.1 Å². The molecule has 1 aromatic carbocycles. The van der Waals surface area contributed by atoms with Crippen LogP contribution in [0.3, 0.4) is 0 Å². The van der Waals surface area contributed by atoms with Gasteiger partial charge in [-0.1, -0.05) is 38.3 Å². The molecule has 0 atom stereocenters. The Labute approximate surface area is 80.7 Å². The maximum atomic E-state index is 5.50. The topological polar surface area (TPSA) is 9.23 Å². The molecule has 0 fully saturated rings. The lowest BCUT2D eigenvalue weighted by atomic mass is 10.2. The summed E-state index contributed by atoms with van der Waals surface area (Å²) in [5, 5.41) is 0. The van der Waals surface area contributed by atoms with E-state index in [-0.39, 0.29) is 0 Å². The zero-order valence-corrected chi connectivity index (χ0v) is 8.18. The van der Waals surface area contributed by atoms with Crippen LogP contribution in [0, 0.1) is 12.1 Å². The first kappa shape index (κ1) is 9.92. The molecule has 0 amide bonds. The minimum absolute atomic E-state index is 0.817. The molecule has 0 N–H and O–H groups in total. The van der Waals surface area contributed by atoms with Crippen molar-refractivity contribution < 1.29 is 4.74 Å². The zero-order chi connectivity index (χ0) is 9.36. The Kier molecular flexibility index (Phi) is 4.86. The van der Waals surface area contributed by atoms with Crippen molar-refractivity contribution in [2.75, 3.05) is 6.61 Å². The van der Waals surface area contributed by atoms with E-state index >= 15 is 0 Å². The first-order valence-electron chi connectivity index (χ1n) is 4.94. The highest BCUT2D eigenvalue weighted by atomic mass is 16.5. The maximum absolute atomic E-state index is 5.50. The minimum Gasteiger partial charge on any atom is -0.493 e. The fourth-order valence-corrected chi connectivity index (χ4v) is 1.14. The third-order valence-corrected chi connectivity index (χ3v) is 1.90. The lowest BCUT2D eigenvalue weighted by Crippen LogP contribution is -1.96. The molecule has 1 aromatic rings. The monoisotopic (exact) mass is 176 g/mol. The Balaban J connectivity index is 2.07. The van der Waals surface area contributed by atoms with Gasteiger partial charge in [0.1, 0.15) is 5.75 Å². The van der Waals surface area contributed by atoms with Crippen molar-refractivity contribution >= 4 is 0 Å². The Morgan fingerprint density at radius 3 is 2.85 bits per heavy atom. The first-order chi connectivity index (χ1) is 6.43. The third-order valence-electron chi connectivity index (χ3n) is 1.90. The first-order valence-corrected chi connectivity index (χ1v) is 4.94. The van der Waals surface area contributed by atoms with Gasteiger partial charge in [0.15, 0.2) is 0 Å². The molecule has 0 heterocycles. The second-order valence-corrected chi connectivity index (χ2v) is 3.08. The predicted octanol–water partition coefficient (Wildman–Crippen LogP) is 3.25. The molecule has 70 valence electrons. The predicted molar refractivity (Wildman–Crippen MR) is 53.8 cm³/mol. The second kappa shape index (κ2) is 6.37. The van der Waals surface area contributed by atoms with Crippen LogP contribution in [-0.4, -0.2) is 6.61 Å². The molecule has 0 radical (unpaired) electrons. The summed E-state index contributed by atoms with van der Waals surface area (Å²) < 4.78 is 5.50. The van der Waals surface area contributed by atoms with Crippen molar-refractivity contribution in [3.63, 3.8) is 0 Å². The van der Waals surface area contributed by atoms with E-state index in [0.29, 0.717) is 0 Å². The van der Waals surface area contributed by atoms with Gasteiger partial charge >= 0.3 is 0 Å². The maximum Gasteiger partial charge on any atom is 0.128 e. The van der Waals surface area contributed by atoms with Crippen LogP contribution in [0.1, 0.15) is 32.6 Å². The van der Waals surface area contributed by atoms with Crippen LogP contribution in [-0.2, 0) is 0 Å². The van der Waals surface area contributed by atoms with Crippen molar-refractivity contribution in [3.8, 4) is 5.75 Å². The molecule has 1 nitrogen and oxygen atoms in total. The molecule has 1 rings (SSSR count). The lowest BCUT2D eigenvalue weighted by Gasteiger charge is -2.03. The number of rotatable bonds is 6. The second-order valence-electron chi connectivity index (χ2n) is 3.08. The molecule has 0 unspecified atom stereocenters. The lowest BCUT2D eigenvalue weighted by molar-refractivity contribution is 0.305. The highest BCUT2D eigenvalue weighted by Gasteiger charge is 1.90. The SMILES string of the molecule is CCCCCCOc1cc#ccc1. The van der Waals surface area contributed by atoms with E-state index in [1.807, 2.05) is 18.2 Å². The van der Waals surface area contributed by atoms with Crippen molar-refractivity contribution in [2.45, 2.75) is 32.6 Å². The normalized spacial score (nSPS) is 9.31. The number of hydrogen-bond donors (Lipinski definition) is 0. The van der Waals surface area contributed by atoms with E-state index in [4.69, 9.17) is 4.74 Å². The van der Waals surface area contributed by atoms with Gasteiger partial charge in [-0.15, -0.1) is 0 Å². The molecule has 0 saturated carbocycles. The quantitative estimate of drug-likeness (QED) is 0.604. The average molecular weight is 176 g/mol. The van der Waals surface area contributed by atoms with E-state index in [0.717, 1.165) is 18.8 Å². The highest BCUT2D eigenvalue weighted by Crippen LogP contribution is 2.07. The van der Waals surface area contributed by atoms with E-state index in [1.165, 1.54) is 19.3 Å². The van der Waals surface area contributed by atoms with Crippen LogP contribution < -0.4 is 4.74 Å². The average Bonchev–Trinajstić information content (AvgIpc) is 2.19. The van der Waals surface area contributed by atoms with E-state index < -0.39 is 0 Å². The van der Waals surface area contributed by atoms with Gasteiger partial charge in [-0.3, -0.25) is 0 Å². The Morgan fingerprint density at radius 2 is 2.15 bits per heavy atom. The number of hydrogen-bond acceptors (Lipinski definition) is 1. The molecular weight excluding hydrogens is 160 g/mol. The molecule has 1 heteroatoms. The smallest absolute Gasteiger partial charge is 0.128 e. The molecule has 0 saturated heterocycles. The molecular formula is C12H16O. The van der Waals surface area contributed by atoms with Gasteiger partial charge in [0.05, 0.1) is 6.61 Å².